The van der Waals surface area contributed by atoms with Crippen LogP contribution in [0.15, 0.2) is 30.5 Å². The average molecular weight is 520 g/mol. The van der Waals surface area contributed by atoms with E-state index in [1.54, 1.807) is 45.9 Å². The number of aliphatic hydroxyl groups is 1. The molecule has 1 amide bonds. The highest BCUT2D eigenvalue weighted by atomic mass is 16.6. The van der Waals surface area contributed by atoms with Crippen LogP contribution in [0.3, 0.4) is 0 Å². The summed E-state index contributed by atoms with van der Waals surface area (Å²) in [6, 6.07) is 8.96. The predicted octanol–water partition coefficient (Wildman–Crippen LogP) is 3.35. The van der Waals surface area contributed by atoms with Crippen LogP contribution in [0.5, 0.6) is 0 Å². The van der Waals surface area contributed by atoms with Gasteiger partial charge in [0.1, 0.15) is 24.0 Å². The normalized spacial score (nSPS) is 16.6. The van der Waals surface area contributed by atoms with Gasteiger partial charge in [0.25, 0.3) is 0 Å². The monoisotopic (exact) mass is 519 g/mol. The molecule has 2 aromatic heterocycles. The van der Waals surface area contributed by atoms with Gasteiger partial charge in [-0.15, -0.1) is 0 Å². The van der Waals surface area contributed by atoms with Crippen LogP contribution in [0.2, 0.25) is 0 Å². The van der Waals surface area contributed by atoms with Gasteiger partial charge in [-0.05, 0) is 51.5 Å². The molecule has 0 bridgehead atoms. The number of rotatable bonds is 6. The van der Waals surface area contributed by atoms with Gasteiger partial charge in [-0.1, -0.05) is 6.92 Å². The second-order valence-corrected chi connectivity index (χ2v) is 10.4. The maximum absolute atomic E-state index is 13.0. The molecule has 1 aliphatic heterocycles. The highest BCUT2D eigenvalue weighted by Gasteiger charge is 2.44. The van der Waals surface area contributed by atoms with Gasteiger partial charge >= 0.3 is 12.1 Å². The molecule has 0 aliphatic carbocycles. The molecule has 1 atom stereocenters. The third-order valence-corrected chi connectivity index (χ3v) is 6.00. The minimum Gasteiger partial charge on any atom is -0.480 e. The van der Waals surface area contributed by atoms with Gasteiger partial charge < -0.3 is 20.3 Å². The molecule has 0 fully saturated rings. The first kappa shape index (κ1) is 26.6. The molecular weight excluding hydrogens is 490 g/mol. The topological polar surface area (TPSA) is 166 Å². The molecule has 4 rings (SSSR count). The number of aliphatic carboxylic acids is 1. The maximum Gasteiger partial charge on any atom is 0.414 e. The Morgan fingerprint density at radius 3 is 2.66 bits per heavy atom. The number of nitrogens with one attached hydrogen (secondary N) is 1. The summed E-state index contributed by atoms with van der Waals surface area (Å²) < 4.78 is 6.86. The van der Waals surface area contributed by atoms with Crippen LogP contribution in [-0.4, -0.2) is 60.8 Å². The van der Waals surface area contributed by atoms with Crippen molar-refractivity contribution in [1.82, 2.24) is 19.7 Å². The predicted molar refractivity (Wildman–Crippen MR) is 138 cm³/mol. The second kappa shape index (κ2) is 9.75. The van der Waals surface area contributed by atoms with Crippen molar-refractivity contribution in [3.8, 4) is 17.3 Å². The van der Waals surface area contributed by atoms with Gasteiger partial charge in [-0.3, -0.25) is 9.69 Å². The number of carboxylic acids is 1. The number of hydrogen-bond donors (Lipinski definition) is 3. The van der Waals surface area contributed by atoms with E-state index in [2.05, 4.69) is 26.5 Å². The Morgan fingerprint density at radius 1 is 1.29 bits per heavy atom. The maximum atomic E-state index is 13.0. The number of carbonyl (C=O) groups is 2. The third-order valence-electron chi connectivity index (χ3n) is 6.00. The van der Waals surface area contributed by atoms with Gasteiger partial charge in [-0.25, -0.2) is 19.4 Å². The van der Waals surface area contributed by atoms with E-state index in [9.17, 15) is 20.0 Å². The number of carboxylic acid groups (broad SMARTS) is 1. The summed E-state index contributed by atoms with van der Waals surface area (Å²) in [4.78, 5) is 34.4. The molecule has 3 N–H and O–H groups in total. The number of aromatic nitrogens is 4. The van der Waals surface area contributed by atoms with Crippen LogP contribution in [0.1, 0.15) is 44.5 Å². The number of nitrogens with zero attached hydrogens (tertiary/aromatic N) is 6. The SMILES string of the molecule is Cc1cc(Nc2nccc(-c3cc(C#N)c4c(c3)[C@@](C)(CO)CN4C(=O)OC(C)(C)C)n2)n(CC(=O)O)n1. The lowest BCUT2D eigenvalue weighted by Gasteiger charge is -2.26. The fraction of sp³-hybridized carbons (Fsp3) is 0.385. The molecule has 0 radical (unpaired) electrons. The van der Waals surface area contributed by atoms with Crippen molar-refractivity contribution in [1.29, 1.82) is 5.26 Å². The van der Waals surface area contributed by atoms with Crippen LogP contribution in [0.25, 0.3) is 11.3 Å². The minimum atomic E-state index is -1.04. The number of fused-ring (bicyclic) bond motifs is 1. The van der Waals surface area contributed by atoms with Gasteiger partial charge in [-0.2, -0.15) is 10.4 Å². The molecule has 12 heteroatoms. The summed E-state index contributed by atoms with van der Waals surface area (Å²) in [5.41, 5.74) is 1.41. The van der Waals surface area contributed by atoms with Crippen LogP contribution in [-0.2, 0) is 21.5 Å². The highest BCUT2D eigenvalue weighted by Crippen LogP contribution is 2.45. The molecule has 198 valence electrons. The van der Waals surface area contributed by atoms with Crippen molar-refractivity contribution in [2.45, 2.75) is 52.2 Å². The van der Waals surface area contributed by atoms with E-state index in [-0.39, 0.29) is 31.2 Å². The molecule has 1 aliphatic rings. The van der Waals surface area contributed by atoms with E-state index in [4.69, 9.17) is 9.84 Å². The van der Waals surface area contributed by atoms with Gasteiger partial charge in [0, 0.05) is 29.8 Å². The van der Waals surface area contributed by atoms with Gasteiger partial charge in [0.05, 0.1) is 29.2 Å². The zero-order chi connectivity index (χ0) is 27.8. The molecule has 1 aromatic carbocycles. The number of aliphatic hydroxyl groups excluding tert-OH is 1. The zero-order valence-electron chi connectivity index (χ0n) is 21.8. The lowest BCUT2D eigenvalue weighted by Crippen LogP contribution is -2.40. The van der Waals surface area contributed by atoms with E-state index >= 15 is 0 Å². The standard InChI is InChI=1S/C26H29N7O5/c1-15-8-20(33(31-15)12-21(35)36)30-23-28-7-6-19(29-23)16-9-17(11-27)22-18(10-16)26(5,14-34)13-32(22)24(37)38-25(2,3)4/h6-10,34H,12-14H2,1-5H3,(H,35,36)(H,28,29,30)/t26-/m1/s1. The number of ether oxygens (including phenoxy) is 1. The number of hydrogen-bond acceptors (Lipinski definition) is 9. The first-order chi connectivity index (χ1) is 17.8. The highest BCUT2D eigenvalue weighted by molar-refractivity contribution is 5.95. The number of anilines is 3. The van der Waals surface area contributed by atoms with Crippen molar-refractivity contribution in [3.05, 3.63) is 47.3 Å². The first-order valence-corrected chi connectivity index (χ1v) is 11.9. The Labute approximate surface area is 219 Å². The molecule has 0 unspecified atom stereocenters. The van der Waals surface area contributed by atoms with Crippen molar-refractivity contribution in [2.75, 3.05) is 23.4 Å². The van der Waals surface area contributed by atoms with E-state index in [1.165, 1.54) is 15.8 Å². The molecule has 12 nitrogen and oxygen atoms in total. The Kier molecular flexibility index (Phi) is 6.82. The van der Waals surface area contributed by atoms with Gasteiger partial charge in [0.15, 0.2) is 0 Å². The average Bonchev–Trinajstić information content (AvgIpc) is 3.33. The third kappa shape index (κ3) is 5.28. The molecule has 3 heterocycles. The Hall–Kier alpha value is -4.50. The number of carbonyl (C=O) groups excluding carboxylic acids is 1. The summed E-state index contributed by atoms with van der Waals surface area (Å²) in [6.45, 7) is 8.41. The molecule has 0 spiro atoms. The van der Waals surface area contributed by atoms with Crippen LogP contribution in [0.4, 0.5) is 22.2 Å². The Morgan fingerprint density at radius 2 is 2.03 bits per heavy atom. The largest absolute Gasteiger partial charge is 0.480 e. The van der Waals surface area contributed by atoms with E-state index < -0.39 is 23.1 Å². The second-order valence-electron chi connectivity index (χ2n) is 10.4. The fourth-order valence-corrected chi connectivity index (χ4v) is 4.33. The number of aryl methyl sites for hydroxylation is 1. The van der Waals surface area contributed by atoms with Crippen molar-refractivity contribution >= 4 is 29.5 Å². The van der Waals surface area contributed by atoms with Crippen molar-refractivity contribution in [2.24, 2.45) is 0 Å². The van der Waals surface area contributed by atoms with E-state index in [1.807, 2.05) is 13.0 Å². The van der Waals surface area contributed by atoms with Crippen molar-refractivity contribution in [3.63, 3.8) is 0 Å². The molecule has 38 heavy (non-hydrogen) atoms. The number of benzene rings is 1. The minimum absolute atomic E-state index is 0.148. The van der Waals surface area contributed by atoms with Crippen molar-refractivity contribution < 1.29 is 24.5 Å². The first-order valence-electron chi connectivity index (χ1n) is 11.9. The summed E-state index contributed by atoms with van der Waals surface area (Å²) in [7, 11) is 0. The van der Waals surface area contributed by atoms with Crippen LogP contribution in [0, 0.1) is 18.3 Å². The zero-order valence-corrected chi connectivity index (χ0v) is 21.8. The van der Waals surface area contributed by atoms with Gasteiger partial charge in [0.2, 0.25) is 5.95 Å². The lowest BCUT2D eigenvalue weighted by molar-refractivity contribution is -0.137. The summed E-state index contributed by atoms with van der Waals surface area (Å²) in [5, 5.41) is 36.6. The lowest BCUT2D eigenvalue weighted by atomic mass is 9.83. The molecule has 0 saturated heterocycles. The number of nitriles is 1. The fourth-order valence-electron chi connectivity index (χ4n) is 4.33. The quantitative estimate of drug-likeness (QED) is 0.439. The molecule has 3 aromatic rings. The smallest absolute Gasteiger partial charge is 0.414 e. The van der Waals surface area contributed by atoms with E-state index in [0.717, 1.165) is 0 Å². The molecular formula is C26H29N7O5. The van der Waals surface area contributed by atoms with Crippen LogP contribution < -0.4 is 10.2 Å². The van der Waals surface area contributed by atoms with Crippen LogP contribution >= 0.6 is 0 Å². The number of amides is 1. The summed E-state index contributed by atoms with van der Waals surface area (Å²) in [5.74, 6) is -0.428. The summed E-state index contributed by atoms with van der Waals surface area (Å²) >= 11 is 0. The summed E-state index contributed by atoms with van der Waals surface area (Å²) in [6.07, 6.45) is 0.939. The van der Waals surface area contributed by atoms with E-state index in [0.29, 0.717) is 34.0 Å². The molecule has 0 saturated carbocycles. The Bertz CT molecular complexity index is 1450. The Balaban J connectivity index is 1.74.